The van der Waals surface area contributed by atoms with Crippen molar-refractivity contribution in [3.8, 4) is 11.6 Å². The molecule has 1 heterocycles. The quantitative estimate of drug-likeness (QED) is 0.656. The van der Waals surface area contributed by atoms with E-state index in [-0.39, 0.29) is 22.9 Å². The second-order valence-corrected chi connectivity index (χ2v) is 4.39. The number of hydrogen-bond acceptors (Lipinski definition) is 6. The number of pyridine rings is 1. The minimum Gasteiger partial charge on any atom is -0.430 e. The van der Waals surface area contributed by atoms with Crippen LogP contribution in [-0.4, -0.2) is 15.8 Å². The lowest BCUT2D eigenvalue weighted by molar-refractivity contribution is -0.385. The van der Waals surface area contributed by atoms with Gasteiger partial charge in [0.15, 0.2) is 0 Å². The summed E-state index contributed by atoms with van der Waals surface area (Å²) in [5.74, 6) is -0.936. The van der Waals surface area contributed by atoms with Gasteiger partial charge in [0.25, 0.3) is 0 Å². The minimum absolute atomic E-state index is 0.00825. The van der Waals surface area contributed by atoms with Crippen LogP contribution in [0, 0.1) is 10.1 Å². The normalized spacial score (nSPS) is 10.1. The van der Waals surface area contributed by atoms with Crippen molar-refractivity contribution in [1.29, 1.82) is 0 Å². The van der Waals surface area contributed by atoms with Crippen LogP contribution in [0.2, 0.25) is 5.02 Å². The van der Waals surface area contributed by atoms with Crippen LogP contribution >= 0.6 is 11.6 Å². The number of aromatic nitrogens is 1. The first-order valence-electron chi connectivity index (χ1n) is 5.55. The highest BCUT2D eigenvalue weighted by Gasteiger charge is 2.19. The fourth-order valence-corrected chi connectivity index (χ4v) is 1.70. The van der Waals surface area contributed by atoms with Gasteiger partial charge >= 0.3 is 5.69 Å². The number of amides is 1. The topological polar surface area (TPSA) is 134 Å². The molecular weight excluding hydrogens is 300 g/mol. The molecule has 0 atom stereocenters. The average molecular weight is 309 g/mol. The number of nitrogen functional groups attached to an aromatic ring is 1. The Hall–Kier alpha value is -2.87. The highest BCUT2D eigenvalue weighted by molar-refractivity contribution is 6.30. The predicted octanol–water partition coefficient (Wildman–Crippen LogP) is 2.12. The van der Waals surface area contributed by atoms with E-state index in [2.05, 4.69) is 4.98 Å². The molecule has 0 aliphatic carbocycles. The molecule has 0 saturated heterocycles. The molecule has 0 radical (unpaired) electrons. The summed E-state index contributed by atoms with van der Waals surface area (Å²) in [6.45, 7) is 0. The van der Waals surface area contributed by atoms with E-state index < -0.39 is 16.5 Å². The van der Waals surface area contributed by atoms with Crippen molar-refractivity contribution in [2.45, 2.75) is 0 Å². The Labute approximate surface area is 123 Å². The second-order valence-electron chi connectivity index (χ2n) is 3.95. The monoisotopic (exact) mass is 308 g/mol. The third-order valence-electron chi connectivity index (χ3n) is 2.49. The summed E-state index contributed by atoms with van der Waals surface area (Å²) in [6.07, 6.45) is 1.29. The van der Waals surface area contributed by atoms with E-state index in [1.54, 1.807) is 0 Å². The van der Waals surface area contributed by atoms with E-state index in [0.29, 0.717) is 5.02 Å². The molecule has 2 aromatic rings. The maximum atomic E-state index is 11.0. The van der Waals surface area contributed by atoms with Gasteiger partial charge in [-0.2, -0.15) is 0 Å². The molecule has 4 N–H and O–H groups in total. The summed E-state index contributed by atoms with van der Waals surface area (Å²) >= 11 is 5.70. The summed E-state index contributed by atoms with van der Waals surface area (Å²) < 4.78 is 5.30. The Morgan fingerprint density at radius 3 is 2.67 bits per heavy atom. The van der Waals surface area contributed by atoms with Crippen LogP contribution in [0.15, 0.2) is 30.5 Å². The molecule has 1 amide bonds. The molecule has 2 rings (SSSR count). The lowest BCUT2D eigenvalue weighted by Crippen LogP contribution is -2.11. The predicted molar refractivity (Wildman–Crippen MR) is 75.3 cm³/mol. The number of ether oxygens (including phenoxy) is 1. The number of primary amides is 1. The minimum atomic E-state index is -0.784. The first-order valence-corrected chi connectivity index (χ1v) is 5.93. The Bertz CT molecular complexity index is 735. The molecule has 0 aliphatic rings. The molecule has 0 aliphatic heterocycles. The SMILES string of the molecule is NC(=O)c1ccc(Oc2ncc(Cl)cc2N)c([N+](=O)[O-])c1. The van der Waals surface area contributed by atoms with Gasteiger partial charge in [0, 0.05) is 17.8 Å². The van der Waals surface area contributed by atoms with Gasteiger partial charge < -0.3 is 16.2 Å². The third-order valence-corrected chi connectivity index (χ3v) is 2.70. The molecule has 9 heteroatoms. The van der Waals surface area contributed by atoms with Gasteiger partial charge in [0.1, 0.15) is 0 Å². The fourth-order valence-electron chi connectivity index (χ4n) is 1.53. The van der Waals surface area contributed by atoms with Gasteiger partial charge in [0.05, 0.1) is 15.6 Å². The zero-order chi connectivity index (χ0) is 15.6. The molecule has 0 bridgehead atoms. The van der Waals surface area contributed by atoms with E-state index in [4.69, 9.17) is 27.8 Å². The standard InChI is InChI=1S/C12H9ClN4O4/c13-7-4-8(14)12(16-5-7)21-10-2-1-6(11(15)18)3-9(10)17(19)20/h1-5H,14H2,(H2,15,18). The molecule has 8 nitrogen and oxygen atoms in total. The Morgan fingerprint density at radius 1 is 1.38 bits per heavy atom. The Morgan fingerprint density at radius 2 is 2.10 bits per heavy atom. The Kier molecular flexibility index (Phi) is 3.90. The number of carbonyl (C=O) groups excluding carboxylic acids is 1. The largest absolute Gasteiger partial charge is 0.430 e. The number of anilines is 1. The van der Waals surface area contributed by atoms with E-state index in [1.165, 1.54) is 24.4 Å². The zero-order valence-electron chi connectivity index (χ0n) is 10.4. The zero-order valence-corrected chi connectivity index (χ0v) is 11.2. The number of hydrogen-bond donors (Lipinski definition) is 2. The number of rotatable bonds is 4. The van der Waals surface area contributed by atoms with Gasteiger partial charge in [-0.3, -0.25) is 14.9 Å². The Balaban J connectivity index is 2.44. The lowest BCUT2D eigenvalue weighted by atomic mass is 10.2. The number of nitrogens with zero attached hydrogens (tertiary/aromatic N) is 2. The summed E-state index contributed by atoms with van der Waals surface area (Å²) in [4.78, 5) is 25.2. The molecule has 1 aromatic heterocycles. The van der Waals surface area contributed by atoms with Crippen molar-refractivity contribution in [2.75, 3.05) is 5.73 Å². The molecule has 0 saturated carbocycles. The van der Waals surface area contributed by atoms with E-state index in [1.807, 2.05) is 0 Å². The molecule has 0 unspecified atom stereocenters. The van der Waals surface area contributed by atoms with Crippen LogP contribution in [-0.2, 0) is 0 Å². The molecule has 0 spiro atoms. The summed E-state index contributed by atoms with van der Waals surface area (Å²) in [7, 11) is 0. The molecule has 0 fully saturated rings. The third kappa shape index (κ3) is 3.18. The molecule has 108 valence electrons. The summed E-state index contributed by atoms with van der Waals surface area (Å²) in [5, 5.41) is 11.3. The van der Waals surface area contributed by atoms with Crippen molar-refractivity contribution in [3.05, 3.63) is 51.2 Å². The van der Waals surface area contributed by atoms with Crippen LogP contribution in [0.25, 0.3) is 0 Å². The van der Waals surface area contributed by atoms with Crippen molar-refractivity contribution in [2.24, 2.45) is 5.73 Å². The van der Waals surface area contributed by atoms with Gasteiger partial charge in [-0.05, 0) is 18.2 Å². The first-order chi connectivity index (χ1) is 9.88. The molecule has 21 heavy (non-hydrogen) atoms. The maximum Gasteiger partial charge on any atom is 0.312 e. The van der Waals surface area contributed by atoms with Gasteiger partial charge in [0.2, 0.25) is 17.5 Å². The fraction of sp³-hybridized carbons (Fsp3) is 0. The van der Waals surface area contributed by atoms with Crippen molar-refractivity contribution < 1.29 is 14.5 Å². The number of carbonyl (C=O) groups is 1. The van der Waals surface area contributed by atoms with Crippen LogP contribution < -0.4 is 16.2 Å². The van der Waals surface area contributed by atoms with Gasteiger partial charge in [-0.15, -0.1) is 0 Å². The maximum absolute atomic E-state index is 11.0. The lowest BCUT2D eigenvalue weighted by Gasteiger charge is -2.08. The number of nitrogens with two attached hydrogens (primary N) is 2. The van der Waals surface area contributed by atoms with E-state index in [9.17, 15) is 14.9 Å². The van der Waals surface area contributed by atoms with Crippen molar-refractivity contribution in [3.63, 3.8) is 0 Å². The van der Waals surface area contributed by atoms with Crippen LogP contribution in [0.1, 0.15) is 10.4 Å². The van der Waals surface area contributed by atoms with E-state index >= 15 is 0 Å². The number of nitro benzene ring substituents is 1. The van der Waals surface area contributed by atoms with Crippen molar-refractivity contribution in [1.82, 2.24) is 4.98 Å². The average Bonchev–Trinajstić information content (AvgIpc) is 2.41. The van der Waals surface area contributed by atoms with Crippen LogP contribution in [0.3, 0.4) is 0 Å². The van der Waals surface area contributed by atoms with Crippen LogP contribution in [0.5, 0.6) is 11.6 Å². The van der Waals surface area contributed by atoms with Crippen LogP contribution in [0.4, 0.5) is 11.4 Å². The summed E-state index contributed by atoms with van der Waals surface area (Å²) in [6, 6.07) is 4.96. The highest BCUT2D eigenvalue weighted by atomic mass is 35.5. The van der Waals surface area contributed by atoms with E-state index in [0.717, 1.165) is 6.07 Å². The van der Waals surface area contributed by atoms with Gasteiger partial charge in [-0.1, -0.05) is 11.6 Å². The number of nitro groups is 1. The van der Waals surface area contributed by atoms with Gasteiger partial charge in [-0.25, -0.2) is 4.98 Å². The molecule has 1 aromatic carbocycles. The number of benzene rings is 1. The second kappa shape index (κ2) is 5.63. The smallest absolute Gasteiger partial charge is 0.312 e. The van der Waals surface area contributed by atoms with Crippen molar-refractivity contribution >= 4 is 28.9 Å². The summed E-state index contributed by atoms with van der Waals surface area (Å²) in [5.41, 5.74) is 10.4. The first kappa shape index (κ1) is 14.5. The molecular formula is C12H9ClN4O4. The number of halogens is 1. The highest BCUT2D eigenvalue weighted by Crippen LogP contribution is 2.34.